The lowest BCUT2D eigenvalue weighted by atomic mass is 10.2. The summed E-state index contributed by atoms with van der Waals surface area (Å²) in [6, 6.07) is 5.97. The van der Waals surface area contributed by atoms with Gasteiger partial charge in [-0.3, -0.25) is 0 Å². The van der Waals surface area contributed by atoms with Gasteiger partial charge in [-0.05, 0) is 35.9 Å². The van der Waals surface area contributed by atoms with E-state index in [1.165, 1.54) is 0 Å². The van der Waals surface area contributed by atoms with Gasteiger partial charge in [0.15, 0.2) is 0 Å². The zero-order chi connectivity index (χ0) is 12.4. The molecule has 16 heavy (non-hydrogen) atoms. The molecule has 1 aromatic carbocycles. The number of halogens is 5. The summed E-state index contributed by atoms with van der Waals surface area (Å²) >= 11 is 4.17. The first-order valence-electron chi connectivity index (χ1n) is 3.90. The Morgan fingerprint density at radius 2 is 1.62 bits per heavy atom. The minimum absolute atomic E-state index is 0.188. The molecule has 0 aliphatic rings. The van der Waals surface area contributed by atoms with Crippen molar-refractivity contribution in [1.82, 2.24) is 0 Å². The molecule has 86 valence electrons. The van der Waals surface area contributed by atoms with E-state index in [9.17, 15) is 17.6 Å². The Kier molecular flexibility index (Phi) is 3.29. The molecule has 1 aromatic rings. The summed E-state index contributed by atoms with van der Waals surface area (Å²) in [5.41, 5.74) is 0.188. The van der Waals surface area contributed by atoms with Gasteiger partial charge in [0, 0.05) is 0 Å². The average molecular weight is 254 g/mol. The van der Waals surface area contributed by atoms with Crippen LogP contribution in [0.4, 0.5) is 17.6 Å². The number of rotatable bonds is 3. The molecular formula is C9H4ClF4NO. The third kappa shape index (κ3) is 2.76. The largest absolute Gasteiger partial charge is 0.480 e. The molecular weight excluding hydrogens is 250 g/mol. The number of hydrogen-bond acceptors (Lipinski definition) is 2. The Bertz CT molecular complexity index is 407. The lowest BCUT2D eigenvalue weighted by molar-refractivity contribution is -0.273. The minimum atomic E-state index is -4.82. The summed E-state index contributed by atoms with van der Waals surface area (Å²) in [7, 11) is 0. The second-order valence-electron chi connectivity index (χ2n) is 2.75. The monoisotopic (exact) mass is 253 g/mol. The van der Waals surface area contributed by atoms with Crippen LogP contribution in [0.3, 0.4) is 0 Å². The molecule has 0 radical (unpaired) electrons. The molecule has 0 amide bonds. The number of ether oxygens (including phenoxy) is 1. The highest BCUT2D eigenvalue weighted by molar-refractivity contribution is 6.22. The SMILES string of the molecule is N#Cc1ccc(OC(F)(F)C(F)(F)Cl)cc1. The zero-order valence-electron chi connectivity index (χ0n) is 7.55. The summed E-state index contributed by atoms with van der Waals surface area (Å²) in [6.07, 6.45) is -4.82. The number of benzene rings is 1. The van der Waals surface area contributed by atoms with Crippen LogP contribution in [0.2, 0.25) is 0 Å². The van der Waals surface area contributed by atoms with Gasteiger partial charge in [0.2, 0.25) is 0 Å². The summed E-state index contributed by atoms with van der Waals surface area (Å²) < 4.78 is 53.3. The van der Waals surface area contributed by atoms with Crippen molar-refractivity contribution in [2.24, 2.45) is 0 Å². The fraction of sp³-hybridized carbons (Fsp3) is 0.222. The van der Waals surface area contributed by atoms with Crippen LogP contribution in [0.15, 0.2) is 24.3 Å². The van der Waals surface area contributed by atoms with E-state index >= 15 is 0 Å². The van der Waals surface area contributed by atoms with Gasteiger partial charge in [-0.1, -0.05) is 0 Å². The molecule has 0 saturated heterocycles. The van der Waals surface area contributed by atoms with Gasteiger partial charge in [0.05, 0.1) is 11.6 Å². The Morgan fingerprint density at radius 1 is 1.12 bits per heavy atom. The Hall–Kier alpha value is -1.48. The number of alkyl halides is 5. The molecule has 0 atom stereocenters. The van der Waals surface area contributed by atoms with E-state index in [0.29, 0.717) is 0 Å². The Morgan fingerprint density at radius 3 is 2.00 bits per heavy atom. The summed E-state index contributed by atoms with van der Waals surface area (Å²) in [5.74, 6) is -0.510. The smallest absolute Gasteiger partial charge is 0.427 e. The van der Waals surface area contributed by atoms with E-state index in [-0.39, 0.29) is 5.56 Å². The highest BCUT2D eigenvalue weighted by atomic mass is 35.5. The summed E-state index contributed by atoms with van der Waals surface area (Å²) in [6.45, 7) is 0. The first-order valence-corrected chi connectivity index (χ1v) is 4.28. The van der Waals surface area contributed by atoms with Crippen molar-refractivity contribution >= 4 is 11.6 Å². The normalized spacial score (nSPS) is 12.0. The topological polar surface area (TPSA) is 33.0 Å². The second-order valence-corrected chi connectivity index (χ2v) is 3.23. The van der Waals surface area contributed by atoms with E-state index in [0.717, 1.165) is 24.3 Å². The molecule has 0 saturated carbocycles. The van der Waals surface area contributed by atoms with E-state index in [4.69, 9.17) is 5.26 Å². The molecule has 0 unspecified atom stereocenters. The van der Waals surface area contributed by atoms with Crippen LogP contribution in [0.5, 0.6) is 5.75 Å². The third-order valence-electron chi connectivity index (χ3n) is 1.56. The van der Waals surface area contributed by atoms with Crippen LogP contribution >= 0.6 is 11.6 Å². The first kappa shape index (κ1) is 12.6. The fourth-order valence-corrected chi connectivity index (χ4v) is 0.842. The van der Waals surface area contributed by atoms with Gasteiger partial charge in [-0.15, -0.1) is 0 Å². The average Bonchev–Trinajstić information content (AvgIpc) is 2.16. The maximum absolute atomic E-state index is 12.6. The van der Waals surface area contributed by atoms with Gasteiger partial charge in [-0.25, -0.2) is 0 Å². The fourth-order valence-electron chi connectivity index (χ4n) is 0.803. The standard InChI is InChI=1S/C9H4ClF4NO/c10-8(11,12)9(13,14)16-7-3-1-6(5-15)2-4-7/h1-4H. The van der Waals surface area contributed by atoms with Crippen molar-refractivity contribution < 1.29 is 22.3 Å². The number of hydrogen-bond donors (Lipinski definition) is 0. The Labute approximate surface area is 93.0 Å². The van der Waals surface area contributed by atoms with Crippen LogP contribution in [0.25, 0.3) is 0 Å². The molecule has 0 bridgehead atoms. The van der Waals surface area contributed by atoms with E-state index < -0.39 is 17.2 Å². The quantitative estimate of drug-likeness (QED) is 0.611. The third-order valence-corrected chi connectivity index (χ3v) is 1.78. The molecule has 0 spiro atoms. The summed E-state index contributed by atoms with van der Waals surface area (Å²) in [5, 5.41) is 3.61. The zero-order valence-corrected chi connectivity index (χ0v) is 8.31. The van der Waals surface area contributed by atoms with Crippen molar-refractivity contribution in [2.45, 2.75) is 11.5 Å². The molecule has 7 heteroatoms. The lowest BCUT2D eigenvalue weighted by Gasteiger charge is -2.21. The lowest BCUT2D eigenvalue weighted by Crippen LogP contribution is -2.41. The van der Waals surface area contributed by atoms with Crippen molar-refractivity contribution in [1.29, 1.82) is 5.26 Å². The maximum Gasteiger partial charge on any atom is 0.480 e. The van der Waals surface area contributed by atoms with Gasteiger partial charge in [0.25, 0.3) is 0 Å². The number of nitriles is 1. The van der Waals surface area contributed by atoms with Crippen molar-refractivity contribution in [3.8, 4) is 11.8 Å². The minimum Gasteiger partial charge on any atom is -0.427 e. The molecule has 0 heterocycles. The van der Waals surface area contributed by atoms with Crippen molar-refractivity contribution in [3.05, 3.63) is 29.8 Å². The van der Waals surface area contributed by atoms with E-state index in [1.807, 2.05) is 0 Å². The van der Waals surface area contributed by atoms with Gasteiger partial charge in [0.1, 0.15) is 5.75 Å². The molecule has 2 nitrogen and oxygen atoms in total. The van der Waals surface area contributed by atoms with E-state index in [2.05, 4.69) is 16.3 Å². The highest BCUT2D eigenvalue weighted by Gasteiger charge is 2.58. The molecule has 0 aliphatic heterocycles. The van der Waals surface area contributed by atoms with Crippen LogP contribution in [0.1, 0.15) is 5.56 Å². The van der Waals surface area contributed by atoms with E-state index in [1.54, 1.807) is 6.07 Å². The van der Waals surface area contributed by atoms with Crippen molar-refractivity contribution in [2.75, 3.05) is 0 Å². The van der Waals surface area contributed by atoms with Crippen molar-refractivity contribution in [3.63, 3.8) is 0 Å². The molecule has 0 fully saturated rings. The predicted octanol–water partition coefficient (Wildman–Crippen LogP) is 3.36. The van der Waals surface area contributed by atoms with Crippen LogP contribution in [0, 0.1) is 11.3 Å². The van der Waals surface area contributed by atoms with Gasteiger partial charge < -0.3 is 4.74 Å². The molecule has 0 aromatic heterocycles. The second kappa shape index (κ2) is 4.18. The van der Waals surface area contributed by atoms with Crippen LogP contribution in [-0.4, -0.2) is 11.5 Å². The summed E-state index contributed by atoms with van der Waals surface area (Å²) in [4.78, 5) is 0. The predicted molar refractivity (Wildman–Crippen MR) is 47.5 cm³/mol. The molecule has 0 aliphatic carbocycles. The highest BCUT2D eigenvalue weighted by Crippen LogP contribution is 2.39. The molecule has 1 rings (SSSR count). The van der Waals surface area contributed by atoms with Crippen LogP contribution in [-0.2, 0) is 0 Å². The van der Waals surface area contributed by atoms with Gasteiger partial charge >= 0.3 is 11.5 Å². The molecule has 0 N–H and O–H groups in total. The number of nitrogens with zero attached hydrogens (tertiary/aromatic N) is 1. The van der Waals surface area contributed by atoms with Gasteiger partial charge in [-0.2, -0.15) is 22.8 Å². The first-order chi connectivity index (χ1) is 7.26. The maximum atomic E-state index is 12.6. The Balaban J connectivity index is 2.85. The van der Waals surface area contributed by atoms with Crippen LogP contribution < -0.4 is 4.74 Å².